The Balaban J connectivity index is 1.90. The highest BCUT2D eigenvalue weighted by atomic mass is 16.6. The predicted molar refractivity (Wildman–Crippen MR) is 121 cm³/mol. The van der Waals surface area contributed by atoms with Crippen LogP contribution in [0, 0.1) is 5.41 Å². The molecule has 0 spiro atoms. The fraction of sp³-hybridized carbons (Fsp3) is 0.320. The minimum atomic E-state index is -0.676. The summed E-state index contributed by atoms with van der Waals surface area (Å²) in [5, 5.41) is 23.5. The smallest absolute Gasteiger partial charge is 0.412 e. The number of para-hydroxylation sites is 1. The van der Waals surface area contributed by atoms with E-state index in [-0.39, 0.29) is 19.8 Å². The number of nitrogens with one attached hydrogen (secondary N) is 1. The van der Waals surface area contributed by atoms with Crippen LogP contribution in [-0.2, 0) is 4.74 Å². The van der Waals surface area contributed by atoms with Crippen LogP contribution in [0.3, 0.4) is 0 Å². The van der Waals surface area contributed by atoms with E-state index >= 15 is 0 Å². The number of hydrogen-bond acceptors (Lipinski definition) is 5. The van der Waals surface area contributed by atoms with E-state index in [0.717, 1.165) is 10.8 Å². The van der Waals surface area contributed by atoms with E-state index in [1.165, 1.54) is 0 Å². The quantitative estimate of drug-likeness (QED) is 0.455. The fourth-order valence-corrected chi connectivity index (χ4v) is 3.63. The van der Waals surface area contributed by atoms with Crippen molar-refractivity contribution in [3.05, 3.63) is 72.3 Å². The van der Waals surface area contributed by atoms with E-state index < -0.39 is 17.6 Å². The summed E-state index contributed by atoms with van der Waals surface area (Å²) in [6.45, 7) is 3.83. The highest BCUT2D eigenvalue weighted by molar-refractivity contribution is 6.00. The van der Waals surface area contributed by atoms with E-state index in [9.17, 15) is 9.90 Å². The number of hydrogen-bond donors (Lipinski definition) is 3. The average molecular weight is 424 g/mol. The van der Waals surface area contributed by atoms with Gasteiger partial charge < -0.3 is 19.7 Å². The molecule has 0 bridgehead atoms. The zero-order valence-corrected chi connectivity index (χ0v) is 17.9. The molecular weight excluding hydrogens is 394 g/mol. The van der Waals surface area contributed by atoms with Gasteiger partial charge in [0.15, 0.2) is 0 Å². The Labute approximate surface area is 182 Å². The Morgan fingerprint density at radius 1 is 0.968 bits per heavy atom. The summed E-state index contributed by atoms with van der Waals surface area (Å²) in [4.78, 5) is 12.9. The van der Waals surface area contributed by atoms with Crippen LogP contribution in [-0.4, -0.2) is 36.1 Å². The molecule has 0 fully saturated rings. The molecule has 3 aromatic carbocycles. The molecule has 3 N–H and O–H groups in total. The van der Waals surface area contributed by atoms with Crippen molar-refractivity contribution in [2.45, 2.75) is 26.4 Å². The Hall–Kier alpha value is -3.09. The first-order valence-electron chi connectivity index (χ1n) is 10.3. The number of fused-ring (bicyclic) bond motifs is 1. The minimum Gasteiger partial charge on any atom is -0.491 e. The molecule has 0 aliphatic carbocycles. The molecule has 6 nitrogen and oxygen atoms in total. The number of amides is 1. The SMILES string of the molecule is CC(C)(CCO)[C@@H](OC(=O)Nc1cccc2ccccc12)c1ccccc1OCCO. The van der Waals surface area contributed by atoms with Gasteiger partial charge in [0.2, 0.25) is 0 Å². The predicted octanol–water partition coefficient (Wildman–Crippen LogP) is 4.91. The van der Waals surface area contributed by atoms with Crippen molar-refractivity contribution in [2.24, 2.45) is 5.41 Å². The lowest BCUT2D eigenvalue weighted by molar-refractivity contribution is 0.0133. The van der Waals surface area contributed by atoms with Crippen molar-refractivity contribution in [2.75, 3.05) is 25.1 Å². The summed E-state index contributed by atoms with van der Waals surface area (Å²) in [5.74, 6) is 0.533. The van der Waals surface area contributed by atoms with E-state index in [4.69, 9.17) is 14.6 Å². The van der Waals surface area contributed by atoms with Crippen molar-refractivity contribution in [1.29, 1.82) is 0 Å². The lowest BCUT2D eigenvalue weighted by Gasteiger charge is -2.34. The Bertz CT molecular complexity index is 1010. The van der Waals surface area contributed by atoms with Crippen molar-refractivity contribution in [1.82, 2.24) is 0 Å². The summed E-state index contributed by atoms with van der Waals surface area (Å²) < 4.78 is 11.6. The van der Waals surface area contributed by atoms with Crippen molar-refractivity contribution >= 4 is 22.6 Å². The van der Waals surface area contributed by atoms with Crippen LogP contribution in [0.2, 0.25) is 0 Å². The van der Waals surface area contributed by atoms with Gasteiger partial charge in [-0.1, -0.05) is 68.4 Å². The summed E-state index contributed by atoms with van der Waals surface area (Å²) in [5.41, 5.74) is 0.776. The Kier molecular flexibility index (Phi) is 7.50. The molecule has 1 atom stereocenters. The van der Waals surface area contributed by atoms with E-state index in [1.807, 2.05) is 74.5 Å². The minimum absolute atomic E-state index is 0.0442. The third kappa shape index (κ3) is 5.54. The van der Waals surface area contributed by atoms with E-state index in [0.29, 0.717) is 23.4 Å². The van der Waals surface area contributed by atoms with Gasteiger partial charge >= 0.3 is 6.09 Å². The molecule has 0 aliphatic heterocycles. The number of rotatable bonds is 9. The van der Waals surface area contributed by atoms with Crippen LogP contribution in [0.15, 0.2) is 66.7 Å². The lowest BCUT2D eigenvalue weighted by Crippen LogP contribution is -2.30. The second-order valence-corrected chi connectivity index (χ2v) is 8.01. The molecule has 0 saturated heterocycles. The number of benzene rings is 3. The van der Waals surface area contributed by atoms with Crippen LogP contribution in [0.5, 0.6) is 5.75 Å². The normalized spacial score (nSPS) is 12.4. The van der Waals surface area contributed by atoms with Gasteiger partial charge in [-0.25, -0.2) is 4.79 Å². The van der Waals surface area contributed by atoms with Gasteiger partial charge in [-0.3, -0.25) is 5.32 Å². The van der Waals surface area contributed by atoms with Gasteiger partial charge in [0.25, 0.3) is 0 Å². The molecule has 0 saturated carbocycles. The van der Waals surface area contributed by atoms with Gasteiger partial charge in [-0.15, -0.1) is 0 Å². The standard InChI is InChI=1S/C25H29NO5/c1-25(2,14-15-27)23(20-11-5-6-13-22(20)30-17-16-28)31-24(29)26-21-12-7-9-18-8-3-4-10-19(18)21/h3-13,23,27-28H,14-17H2,1-2H3,(H,26,29)/t23-/m0/s1. The van der Waals surface area contributed by atoms with Crippen LogP contribution in [0.4, 0.5) is 10.5 Å². The summed E-state index contributed by atoms with van der Waals surface area (Å²) in [7, 11) is 0. The molecule has 164 valence electrons. The highest BCUT2D eigenvalue weighted by Crippen LogP contribution is 2.43. The second kappa shape index (κ2) is 10.3. The number of aliphatic hydroxyl groups is 2. The molecular formula is C25H29NO5. The number of ether oxygens (including phenoxy) is 2. The van der Waals surface area contributed by atoms with Crippen molar-refractivity contribution in [3.63, 3.8) is 0 Å². The van der Waals surface area contributed by atoms with Gasteiger partial charge in [-0.2, -0.15) is 0 Å². The zero-order chi connectivity index (χ0) is 22.3. The maximum absolute atomic E-state index is 12.9. The molecule has 3 rings (SSSR count). The molecule has 6 heteroatoms. The van der Waals surface area contributed by atoms with E-state index in [2.05, 4.69) is 5.32 Å². The van der Waals surface area contributed by atoms with Crippen LogP contribution in [0.25, 0.3) is 10.8 Å². The van der Waals surface area contributed by atoms with Crippen LogP contribution < -0.4 is 10.1 Å². The molecule has 0 aliphatic rings. The number of carbonyl (C=O) groups is 1. The summed E-state index contributed by atoms with van der Waals surface area (Å²) in [6, 6.07) is 20.7. The molecule has 0 heterocycles. The maximum Gasteiger partial charge on any atom is 0.412 e. The van der Waals surface area contributed by atoms with Gasteiger partial charge in [0.1, 0.15) is 18.5 Å². The number of anilines is 1. The van der Waals surface area contributed by atoms with E-state index in [1.54, 1.807) is 6.07 Å². The third-order valence-electron chi connectivity index (χ3n) is 5.27. The van der Waals surface area contributed by atoms with Crippen LogP contribution in [0.1, 0.15) is 31.9 Å². The zero-order valence-electron chi connectivity index (χ0n) is 17.9. The van der Waals surface area contributed by atoms with Gasteiger partial charge in [0.05, 0.1) is 12.3 Å². The molecule has 31 heavy (non-hydrogen) atoms. The highest BCUT2D eigenvalue weighted by Gasteiger charge is 2.36. The monoisotopic (exact) mass is 423 g/mol. The maximum atomic E-state index is 12.9. The first-order valence-corrected chi connectivity index (χ1v) is 10.3. The fourth-order valence-electron chi connectivity index (χ4n) is 3.63. The first kappa shape index (κ1) is 22.6. The molecule has 1 amide bonds. The first-order chi connectivity index (χ1) is 15.0. The Morgan fingerprint density at radius 3 is 2.45 bits per heavy atom. The largest absolute Gasteiger partial charge is 0.491 e. The number of carbonyl (C=O) groups excluding carboxylic acids is 1. The molecule has 0 radical (unpaired) electrons. The van der Waals surface area contributed by atoms with Crippen LogP contribution >= 0.6 is 0 Å². The van der Waals surface area contributed by atoms with Crippen molar-refractivity contribution < 1.29 is 24.5 Å². The molecule has 3 aromatic rings. The number of aliphatic hydroxyl groups excluding tert-OH is 2. The second-order valence-electron chi connectivity index (χ2n) is 8.01. The summed E-state index contributed by atoms with van der Waals surface area (Å²) in [6.07, 6.45) is -0.845. The van der Waals surface area contributed by atoms with Gasteiger partial charge in [-0.05, 0) is 23.9 Å². The summed E-state index contributed by atoms with van der Waals surface area (Å²) >= 11 is 0. The van der Waals surface area contributed by atoms with Gasteiger partial charge in [0, 0.05) is 23.0 Å². The molecule has 0 aromatic heterocycles. The topological polar surface area (TPSA) is 88.0 Å². The third-order valence-corrected chi connectivity index (χ3v) is 5.27. The Morgan fingerprint density at radius 2 is 1.68 bits per heavy atom. The molecule has 0 unspecified atom stereocenters. The lowest BCUT2D eigenvalue weighted by atomic mass is 9.79. The van der Waals surface area contributed by atoms with Crippen molar-refractivity contribution in [3.8, 4) is 5.75 Å². The average Bonchev–Trinajstić information content (AvgIpc) is 2.76.